The standard InChI is InChI=1S/C13H24N2OS/c1-4-13(5-2)8-11(6-7-16-13)15-12-14-9-10(3)17-12/h10-11H,4-9H2,1-3H3,(H,14,15). The number of hydrogen-bond acceptors (Lipinski definition) is 4. The fourth-order valence-electron chi connectivity index (χ4n) is 2.62. The van der Waals surface area contributed by atoms with Crippen LogP contribution >= 0.6 is 11.8 Å². The molecule has 3 nitrogen and oxygen atoms in total. The van der Waals surface area contributed by atoms with Gasteiger partial charge in [0, 0.05) is 17.9 Å². The third-order valence-electron chi connectivity index (χ3n) is 3.91. The van der Waals surface area contributed by atoms with Crippen LogP contribution in [0.3, 0.4) is 0 Å². The minimum atomic E-state index is 0.103. The summed E-state index contributed by atoms with van der Waals surface area (Å²) in [6, 6.07) is 0.542. The second-order valence-electron chi connectivity index (χ2n) is 5.15. The van der Waals surface area contributed by atoms with Crippen molar-refractivity contribution in [3.05, 3.63) is 0 Å². The van der Waals surface area contributed by atoms with Gasteiger partial charge in [0.15, 0.2) is 5.17 Å². The lowest BCUT2D eigenvalue weighted by atomic mass is 9.86. The van der Waals surface area contributed by atoms with Crippen molar-refractivity contribution >= 4 is 16.9 Å². The van der Waals surface area contributed by atoms with Crippen molar-refractivity contribution in [1.29, 1.82) is 0 Å². The number of ether oxygens (including phenoxy) is 1. The van der Waals surface area contributed by atoms with Gasteiger partial charge in [0.05, 0.1) is 12.1 Å². The Morgan fingerprint density at radius 1 is 1.47 bits per heavy atom. The Hall–Kier alpha value is -0.220. The third kappa shape index (κ3) is 3.16. The van der Waals surface area contributed by atoms with E-state index < -0.39 is 0 Å². The SMILES string of the molecule is CCC1(CC)CC(NC2=NCC(C)S2)CCO1. The molecule has 2 rings (SSSR count). The Morgan fingerprint density at radius 3 is 2.82 bits per heavy atom. The topological polar surface area (TPSA) is 33.6 Å². The molecule has 0 radical (unpaired) electrons. The zero-order valence-electron chi connectivity index (χ0n) is 11.2. The normalized spacial score (nSPS) is 32.3. The van der Waals surface area contributed by atoms with Crippen LogP contribution in [0, 0.1) is 0 Å². The van der Waals surface area contributed by atoms with Gasteiger partial charge in [-0.05, 0) is 25.7 Å². The minimum absolute atomic E-state index is 0.103. The first-order chi connectivity index (χ1) is 8.17. The third-order valence-corrected chi connectivity index (χ3v) is 4.94. The molecule has 0 saturated carbocycles. The monoisotopic (exact) mass is 256 g/mol. The second-order valence-corrected chi connectivity index (χ2v) is 6.57. The lowest BCUT2D eigenvalue weighted by Gasteiger charge is -2.40. The van der Waals surface area contributed by atoms with Crippen LogP contribution in [0.1, 0.15) is 46.5 Å². The molecule has 0 aromatic carbocycles. The molecular formula is C13H24N2OS. The fraction of sp³-hybridized carbons (Fsp3) is 0.923. The van der Waals surface area contributed by atoms with Gasteiger partial charge in [-0.1, -0.05) is 32.5 Å². The molecule has 2 aliphatic heterocycles. The van der Waals surface area contributed by atoms with Crippen LogP contribution in [-0.4, -0.2) is 35.2 Å². The number of nitrogens with zero attached hydrogens (tertiary/aromatic N) is 1. The Morgan fingerprint density at radius 2 is 2.24 bits per heavy atom. The summed E-state index contributed by atoms with van der Waals surface area (Å²) >= 11 is 1.87. The molecular weight excluding hydrogens is 232 g/mol. The zero-order valence-corrected chi connectivity index (χ0v) is 12.0. The fourth-order valence-corrected chi connectivity index (χ4v) is 3.54. The molecule has 2 heterocycles. The average molecular weight is 256 g/mol. The molecule has 1 fully saturated rings. The number of amidine groups is 1. The summed E-state index contributed by atoms with van der Waals surface area (Å²) in [6.07, 6.45) is 4.44. The summed E-state index contributed by atoms with van der Waals surface area (Å²) in [5, 5.41) is 5.39. The van der Waals surface area contributed by atoms with Crippen molar-refractivity contribution in [2.24, 2.45) is 4.99 Å². The van der Waals surface area contributed by atoms with E-state index in [9.17, 15) is 0 Å². The van der Waals surface area contributed by atoms with E-state index in [-0.39, 0.29) is 5.60 Å². The summed E-state index contributed by atoms with van der Waals surface area (Å²) < 4.78 is 5.99. The van der Waals surface area contributed by atoms with E-state index in [2.05, 4.69) is 31.1 Å². The summed E-state index contributed by atoms with van der Waals surface area (Å²) in [5.74, 6) is 0. The first kappa shape index (κ1) is 13.2. The van der Waals surface area contributed by atoms with Crippen LogP contribution in [0.15, 0.2) is 4.99 Å². The summed E-state index contributed by atoms with van der Waals surface area (Å²) in [6.45, 7) is 8.54. The maximum atomic E-state index is 5.99. The van der Waals surface area contributed by atoms with Crippen LogP contribution in [0.5, 0.6) is 0 Å². The van der Waals surface area contributed by atoms with E-state index in [1.807, 2.05) is 11.8 Å². The second kappa shape index (κ2) is 5.61. The predicted octanol–water partition coefficient (Wildman–Crippen LogP) is 2.81. The molecule has 0 aromatic heterocycles. The molecule has 0 aromatic rings. The maximum Gasteiger partial charge on any atom is 0.157 e. The van der Waals surface area contributed by atoms with Crippen molar-refractivity contribution in [3.8, 4) is 0 Å². The number of nitrogens with one attached hydrogen (secondary N) is 1. The van der Waals surface area contributed by atoms with Gasteiger partial charge in [-0.2, -0.15) is 0 Å². The van der Waals surface area contributed by atoms with Crippen LogP contribution in [0.25, 0.3) is 0 Å². The molecule has 1 saturated heterocycles. The maximum absolute atomic E-state index is 5.99. The predicted molar refractivity (Wildman–Crippen MR) is 74.8 cm³/mol. The Kier molecular flexibility index (Phi) is 4.36. The van der Waals surface area contributed by atoms with Crippen molar-refractivity contribution in [2.75, 3.05) is 13.2 Å². The van der Waals surface area contributed by atoms with Crippen LogP contribution in [-0.2, 0) is 4.74 Å². The van der Waals surface area contributed by atoms with Gasteiger partial charge in [0.25, 0.3) is 0 Å². The Labute approximate surface area is 109 Å². The smallest absolute Gasteiger partial charge is 0.157 e. The van der Waals surface area contributed by atoms with E-state index >= 15 is 0 Å². The number of aliphatic imine (C=N–C) groups is 1. The highest BCUT2D eigenvalue weighted by atomic mass is 32.2. The van der Waals surface area contributed by atoms with Gasteiger partial charge < -0.3 is 10.1 Å². The van der Waals surface area contributed by atoms with Gasteiger partial charge in [-0.3, -0.25) is 4.99 Å². The number of rotatable bonds is 3. The van der Waals surface area contributed by atoms with E-state index in [0.717, 1.165) is 44.0 Å². The highest BCUT2D eigenvalue weighted by Gasteiger charge is 2.35. The van der Waals surface area contributed by atoms with Gasteiger partial charge >= 0.3 is 0 Å². The quantitative estimate of drug-likeness (QED) is 0.843. The molecule has 0 bridgehead atoms. The molecule has 2 aliphatic rings. The summed E-state index contributed by atoms with van der Waals surface area (Å²) in [5.41, 5.74) is 0.103. The molecule has 0 amide bonds. The first-order valence-electron chi connectivity index (χ1n) is 6.79. The van der Waals surface area contributed by atoms with Crippen LogP contribution < -0.4 is 5.32 Å². The first-order valence-corrected chi connectivity index (χ1v) is 7.67. The highest BCUT2D eigenvalue weighted by molar-refractivity contribution is 8.14. The molecule has 0 aliphatic carbocycles. The Balaban J connectivity index is 1.89. The molecule has 1 N–H and O–H groups in total. The van der Waals surface area contributed by atoms with Crippen molar-refractivity contribution in [1.82, 2.24) is 5.32 Å². The van der Waals surface area contributed by atoms with Crippen LogP contribution in [0.2, 0.25) is 0 Å². The largest absolute Gasteiger partial charge is 0.375 e. The van der Waals surface area contributed by atoms with Gasteiger partial charge in [-0.15, -0.1) is 0 Å². The lowest BCUT2D eigenvalue weighted by molar-refractivity contribution is -0.0909. The Bertz CT molecular complexity index is 289. The summed E-state index contributed by atoms with van der Waals surface area (Å²) in [4.78, 5) is 4.54. The lowest BCUT2D eigenvalue weighted by Crippen LogP contribution is -2.47. The molecule has 17 heavy (non-hydrogen) atoms. The van der Waals surface area contributed by atoms with E-state index in [0.29, 0.717) is 11.3 Å². The van der Waals surface area contributed by atoms with E-state index in [1.54, 1.807) is 0 Å². The molecule has 2 atom stereocenters. The van der Waals surface area contributed by atoms with E-state index in [1.165, 1.54) is 0 Å². The van der Waals surface area contributed by atoms with Crippen molar-refractivity contribution in [2.45, 2.75) is 63.3 Å². The van der Waals surface area contributed by atoms with Gasteiger partial charge in [0.1, 0.15) is 0 Å². The van der Waals surface area contributed by atoms with Crippen molar-refractivity contribution < 1.29 is 4.74 Å². The number of thioether (sulfide) groups is 1. The van der Waals surface area contributed by atoms with E-state index in [4.69, 9.17) is 4.74 Å². The van der Waals surface area contributed by atoms with Gasteiger partial charge in [-0.25, -0.2) is 0 Å². The number of hydrogen-bond donors (Lipinski definition) is 1. The van der Waals surface area contributed by atoms with Crippen molar-refractivity contribution in [3.63, 3.8) is 0 Å². The zero-order chi connectivity index (χ0) is 12.3. The summed E-state index contributed by atoms with van der Waals surface area (Å²) in [7, 11) is 0. The molecule has 4 heteroatoms. The average Bonchev–Trinajstić information content (AvgIpc) is 2.75. The van der Waals surface area contributed by atoms with Gasteiger partial charge in [0.2, 0.25) is 0 Å². The molecule has 2 unspecified atom stereocenters. The van der Waals surface area contributed by atoms with Crippen LogP contribution in [0.4, 0.5) is 0 Å². The molecule has 0 spiro atoms. The minimum Gasteiger partial charge on any atom is -0.375 e. The molecule has 98 valence electrons. The highest BCUT2D eigenvalue weighted by Crippen LogP contribution is 2.32.